The molecule has 10 nitrogen and oxygen atoms in total. The van der Waals surface area contributed by atoms with Crippen LogP contribution in [0, 0.1) is 0 Å². The van der Waals surface area contributed by atoms with Crippen LogP contribution in [0.5, 0.6) is 11.5 Å². The van der Waals surface area contributed by atoms with Gasteiger partial charge in [-0.1, -0.05) is 19.4 Å². The molecule has 0 aliphatic heterocycles. The minimum Gasteiger partial charge on any atom is -0.493 e. The highest BCUT2D eigenvalue weighted by molar-refractivity contribution is 7.90. The topological polar surface area (TPSA) is 132 Å². The quantitative estimate of drug-likeness (QED) is 0.241. The number of hydrogen-bond acceptors (Lipinski definition) is 9. The molecule has 0 fully saturated rings. The fourth-order valence-electron chi connectivity index (χ4n) is 3.64. The molecule has 37 heavy (non-hydrogen) atoms. The van der Waals surface area contributed by atoms with Crippen molar-refractivity contribution < 1.29 is 22.7 Å². The van der Waals surface area contributed by atoms with E-state index in [0.29, 0.717) is 29.5 Å². The fraction of sp³-hybridized carbons (Fsp3) is 0.240. The number of carbonyl (C=O) groups is 1. The summed E-state index contributed by atoms with van der Waals surface area (Å²) < 4.78 is 37.9. The molecule has 3 N–H and O–H groups in total. The number of aromatic nitrogens is 2. The number of hydrogen-bond donors (Lipinski definition) is 3. The van der Waals surface area contributed by atoms with E-state index in [-0.39, 0.29) is 4.90 Å². The molecule has 0 aliphatic rings. The molecule has 0 radical (unpaired) electrons. The van der Waals surface area contributed by atoms with E-state index in [1.807, 2.05) is 35.2 Å². The van der Waals surface area contributed by atoms with Crippen molar-refractivity contribution in [3.05, 3.63) is 54.2 Å². The summed E-state index contributed by atoms with van der Waals surface area (Å²) in [5.41, 5.74) is 2.45. The first kappa shape index (κ1) is 26.2. The number of nitrogens with zero attached hydrogens (tertiary/aromatic N) is 2. The van der Waals surface area contributed by atoms with Gasteiger partial charge in [0.2, 0.25) is 0 Å². The molecule has 4 rings (SSSR count). The smallest absolute Gasteiger partial charge is 0.328 e. The highest BCUT2D eigenvalue weighted by Crippen LogP contribution is 2.40. The Morgan fingerprint density at radius 3 is 2.49 bits per heavy atom. The summed E-state index contributed by atoms with van der Waals surface area (Å²) in [4.78, 5) is 21.5. The Morgan fingerprint density at radius 2 is 1.78 bits per heavy atom. The van der Waals surface area contributed by atoms with Crippen LogP contribution in [0.1, 0.15) is 19.8 Å². The lowest BCUT2D eigenvalue weighted by molar-refractivity contribution is 0.245. The summed E-state index contributed by atoms with van der Waals surface area (Å²) in [7, 11) is -0.832. The Bertz CT molecular complexity index is 1500. The number of anilines is 2. The van der Waals surface area contributed by atoms with E-state index in [1.54, 1.807) is 26.4 Å². The second-order valence-electron chi connectivity index (χ2n) is 7.99. The van der Waals surface area contributed by atoms with Crippen LogP contribution >= 0.6 is 11.3 Å². The number of urea groups is 1. The normalized spacial score (nSPS) is 11.2. The van der Waals surface area contributed by atoms with Crippen LogP contribution < -0.4 is 24.8 Å². The summed E-state index contributed by atoms with van der Waals surface area (Å²) in [5.74, 6) is 1.80. The molecule has 4 aromatic rings. The van der Waals surface area contributed by atoms with Crippen molar-refractivity contribution in [3.63, 3.8) is 0 Å². The molecule has 0 saturated carbocycles. The van der Waals surface area contributed by atoms with Crippen LogP contribution in [0.4, 0.5) is 16.3 Å². The van der Waals surface area contributed by atoms with Gasteiger partial charge in [-0.2, -0.15) is 0 Å². The van der Waals surface area contributed by atoms with E-state index in [9.17, 15) is 13.2 Å². The Labute approximate surface area is 219 Å². The third-order valence-corrected chi connectivity index (χ3v) is 7.77. The summed E-state index contributed by atoms with van der Waals surface area (Å²) >= 11 is 1.49. The van der Waals surface area contributed by atoms with E-state index in [2.05, 4.69) is 20.6 Å². The molecule has 0 spiro atoms. The number of unbranched alkanes of at least 4 members (excludes halogenated alkanes) is 1. The van der Waals surface area contributed by atoms with Gasteiger partial charge in [-0.15, -0.1) is 11.3 Å². The standard InChI is InChI=1S/C25H27N5O5S2/c1-4-5-12-26-25(31)30-37(32,33)18-9-7-17(8-10-18)29-23-22-19(14-36-24(22)28-15-27-23)16-6-11-20(34-2)21(13-16)35-3/h6-11,13-15H,4-5,12H2,1-3H3,(H2,26,30,31)(H,27,28,29). The van der Waals surface area contributed by atoms with Gasteiger partial charge in [0.15, 0.2) is 11.5 Å². The van der Waals surface area contributed by atoms with Crippen LogP contribution in [0.25, 0.3) is 21.3 Å². The maximum Gasteiger partial charge on any atom is 0.328 e. The molecule has 194 valence electrons. The molecule has 0 atom stereocenters. The van der Waals surface area contributed by atoms with Gasteiger partial charge in [-0.3, -0.25) is 0 Å². The number of fused-ring (bicyclic) bond motifs is 1. The molecule has 2 aromatic heterocycles. The molecule has 2 aromatic carbocycles. The summed E-state index contributed by atoms with van der Waals surface area (Å²) in [6, 6.07) is 11.0. The third-order valence-electron chi connectivity index (χ3n) is 5.54. The Hall–Kier alpha value is -3.90. The van der Waals surface area contributed by atoms with Gasteiger partial charge < -0.3 is 20.1 Å². The van der Waals surface area contributed by atoms with Gasteiger partial charge in [-0.25, -0.2) is 27.9 Å². The first-order valence-electron chi connectivity index (χ1n) is 11.5. The van der Waals surface area contributed by atoms with Crippen molar-refractivity contribution in [2.75, 3.05) is 26.1 Å². The Kier molecular flexibility index (Phi) is 8.09. The number of thiophene rings is 1. The average molecular weight is 542 g/mol. The van der Waals surface area contributed by atoms with Crippen molar-refractivity contribution in [1.82, 2.24) is 20.0 Å². The lowest BCUT2D eigenvalue weighted by Crippen LogP contribution is -2.39. The molecule has 0 unspecified atom stereocenters. The second-order valence-corrected chi connectivity index (χ2v) is 10.5. The van der Waals surface area contributed by atoms with Crippen molar-refractivity contribution in [2.24, 2.45) is 0 Å². The van der Waals surface area contributed by atoms with Crippen molar-refractivity contribution >= 4 is 49.1 Å². The highest BCUT2D eigenvalue weighted by Gasteiger charge is 2.18. The van der Waals surface area contributed by atoms with Crippen molar-refractivity contribution in [3.8, 4) is 22.6 Å². The number of amides is 2. The zero-order valence-corrected chi connectivity index (χ0v) is 22.2. The monoisotopic (exact) mass is 541 g/mol. The van der Waals surface area contributed by atoms with E-state index in [0.717, 1.165) is 34.2 Å². The highest BCUT2D eigenvalue weighted by atomic mass is 32.2. The molecular formula is C25H27N5O5S2. The van der Waals surface area contributed by atoms with Gasteiger partial charge >= 0.3 is 6.03 Å². The predicted molar refractivity (Wildman–Crippen MR) is 144 cm³/mol. The largest absolute Gasteiger partial charge is 0.493 e. The number of carbonyl (C=O) groups excluding carboxylic acids is 1. The van der Waals surface area contributed by atoms with Gasteiger partial charge in [0, 0.05) is 23.2 Å². The van der Waals surface area contributed by atoms with Gasteiger partial charge in [0.05, 0.1) is 24.5 Å². The number of nitrogens with one attached hydrogen (secondary N) is 3. The van der Waals surface area contributed by atoms with E-state index in [1.165, 1.54) is 29.8 Å². The lowest BCUT2D eigenvalue weighted by Gasteiger charge is -2.12. The first-order chi connectivity index (χ1) is 17.9. The molecule has 0 bridgehead atoms. The number of sulfonamides is 1. The van der Waals surface area contributed by atoms with Crippen LogP contribution in [-0.2, 0) is 10.0 Å². The zero-order valence-electron chi connectivity index (χ0n) is 20.6. The van der Waals surface area contributed by atoms with E-state index < -0.39 is 16.1 Å². The number of ether oxygens (including phenoxy) is 2. The molecular weight excluding hydrogens is 514 g/mol. The maximum absolute atomic E-state index is 12.6. The van der Waals surface area contributed by atoms with Gasteiger partial charge in [-0.05, 0) is 48.4 Å². The van der Waals surface area contributed by atoms with Crippen LogP contribution in [-0.4, -0.2) is 45.2 Å². The van der Waals surface area contributed by atoms with E-state index >= 15 is 0 Å². The zero-order chi connectivity index (χ0) is 26.4. The fourth-order valence-corrected chi connectivity index (χ4v) is 5.48. The van der Waals surface area contributed by atoms with Crippen LogP contribution in [0.15, 0.2) is 59.1 Å². The van der Waals surface area contributed by atoms with E-state index in [4.69, 9.17) is 9.47 Å². The first-order valence-corrected chi connectivity index (χ1v) is 13.8. The molecule has 2 heterocycles. The van der Waals surface area contributed by atoms with Crippen molar-refractivity contribution in [2.45, 2.75) is 24.7 Å². The number of benzene rings is 2. The number of methoxy groups -OCH3 is 2. The molecule has 12 heteroatoms. The molecule has 0 saturated heterocycles. The van der Waals surface area contributed by atoms with Crippen LogP contribution in [0.2, 0.25) is 0 Å². The lowest BCUT2D eigenvalue weighted by atomic mass is 10.1. The van der Waals surface area contributed by atoms with Gasteiger partial charge in [0.1, 0.15) is 17.0 Å². The second kappa shape index (κ2) is 11.4. The minimum atomic E-state index is -4.00. The summed E-state index contributed by atoms with van der Waals surface area (Å²) in [5, 5.41) is 8.60. The average Bonchev–Trinajstić information content (AvgIpc) is 3.34. The predicted octanol–water partition coefficient (Wildman–Crippen LogP) is 4.91. The number of rotatable bonds is 10. The summed E-state index contributed by atoms with van der Waals surface area (Å²) in [6.45, 7) is 2.38. The minimum absolute atomic E-state index is 0.0296. The SMILES string of the molecule is CCCCNC(=O)NS(=O)(=O)c1ccc(Nc2ncnc3scc(-c4ccc(OC)c(OC)c4)c23)cc1. The molecule has 2 amide bonds. The summed E-state index contributed by atoms with van der Waals surface area (Å²) in [6.07, 6.45) is 3.13. The Balaban J connectivity index is 1.58. The molecule has 0 aliphatic carbocycles. The van der Waals surface area contributed by atoms with Crippen molar-refractivity contribution in [1.29, 1.82) is 0 Å². The Morgan fingerprint density at radius 1 is 1.03 bits per heavy atom. The third kappa shape index (κ3) is 5.92. The van der Waals surface area contributed by atoms with Gasteiger partial charge in [0.25, 0.3) is 10.0 Å². The maximum atomic E-state index is 12.6. The van der Waals surface area contributed by atoms with Crippen LogP contribution in [0.3, 0.4) is 0 Å².